The van der Waals surface area contributed by atoms with Crippen LogP contribution in [0.15, 0.2) is 192 Å². The molecule has 0 spiro atoms. The minimum absolute atomic E-state index is 0.0105. The number of benzene rings is 9. The summed E-state index contributed by atoms with van der Waals surface area (Å²) in [6, 6.07) is 71.9. The van der Waals surface area contributed by atoms with Crippen molar-refractivity contribution < 1.29 is 4.42 Å². The van der Waals surface area contributed by atoms with E-state index in [1.165, 1.54) is 116 Å². The molecule has 1 nitrogen and oxygen atoms in total. The van der Waals surface area contributed by atoms with E-state index in [9.17, 15) is 0 Å². The van der Waals surface area contributed by atoms with Gasteiger partial charge in [-0.15, -0.1) is 0 Å². The molecule has 73 heavy (non-hydrogen) atoms. The zero-order valence-electron chi connectivity index (χ0n) is 44.7. The molecule has 362 valence electrons. The zero-order valence-corrected chi connectivity index (χ0v) is 44.7. The molecule has 2 atom stereocenters. The maximum Gasteiger partial charge on any atom is 0.136 e. The van der Waals surface area contributed by atoms with Crippen molar-refractivity contribution in [1.82, 2.24) is 0 Å². The molecule has 0 amide bonds. The Kier molecular flexibility index (Phi) is 10.7. The van der Waals surface area contributed by atoms with Crippen LogP contribution in [0, 0.1) is 0 Å². The second-order valence-electron chi connectivity index (χ2n) is 25.0. The van der Waals surface area contributed by atoms with Crippen LogP contribution >= 0.6 is 0 Å². The number of hydrogen-bond acceptors (Lipinski definition) is 1. The molecule has 1 heteroatoms. The van der Waals surface area contributed by atoms with Crippen LogP contribution in [0.2, 0.25) is 0 Å². The predicted octanol–water partition coefficient (Wildman–Crippen LogP) is 19.5. The van der Waals surface area contributed by atoms with E-state index in [-0.39, 0.29) is 27.1 Å². The summed E-state index contributed by atoms with van der Waals surface area (Å²) in [5.74, 6) is 0. The number of fused-ring (bicyclic) bond motifs is 9. The summed E-state index contributed by atoms with van der Waals surface area (Å²) < 4.78 is 6.78. The molecule has 2 unspecified atom stereocenters. The summed E-state index contributed by atoms with van der Waals surface area (Å²) in [5, 5.41) is 2.38. The van der Waals surface area contributed by atoms with Crippen LogP contribution in [-0.2, 0) is 39.9 Å². The van der Waals surface area contributed by atoms with Gasteiger partial charge in [-0.1, -0.05) is 234 Å². The van der Waals surface area contributed by atoms with Gasteiger partial charge in [-0.3, -0.25) is 0 Å². The third kappa shape index (κ3) is 7.81. The van der Waals surface area contributed by atoms with E-state index in [4.69, 9.17) is 4.42 Å². The number of furan rings is 1. The maximum atomic E-state index is 6.78. The summed E-state index contributed by atoms with van der Waals surface area (Å²) in [6.07, 6.45) is 1.68. The highest BCUT2D eigenvalue weighted by atomic mass is 16.3. The molecule has 1 heterocycles. The second kappa shape index (κ2) is 16.7. The Morgan fingerprint density at radius 2 is 0.836 bits per heavy atom. The van der Waals surface area contributed by atoms with Crippen LogP contribution < -0.4 is 0 Å². The Labute approximate surface area is 434 Å². The van der Waals surface area contributed by atoms with E-state index in [1.54, 1.807) is 0 Å². The third-order valence-corrected chi connectivity index (χ3v) is 17.0. The Hall–Kier alpha value is -7.22. The summed E-state index contributed by atoms with van der Waals surface area (Å²) in [6.45, 7) is 25.8. The summed E-state index contributed by atoms with van der Waals surface area (Å²) in [5.41, 5.74) is 26.6. The van der Waals surface area contributed by atoms with E-state index in [0.717, 1.165) is 24.0 Å². The van der Waals surface area contributed by atoms with Gasteiger partial charge in [-0.05, 0) is 165 Å². The van der Waals surface area contributed by atoms with Gasteiger partial charge in [0.15, 0.2) is 0 Å². The Bertz CT molecular complexity index is 3780. The normalized spacial score (nSPS) is 17.2. The van der Waals surface area contributed by atoms with Crippen LogP contribution in [0.1, 0.15) is 126 Å². The quantitative estimate of drug-likeness (QED) is 0.155. The summed E-state index contributed by atoms with van der Waals surface area (Å²) in [4.78, 5) is 0. The smallest absolute Gasteiger partial charge is 0.136 e. The van der Waals surface area contributed by atoms with Gasteiger partial charge in [0.1, 0.15) is 11.2 Å². The van der Waals surface area contributed by atoms with Crippen molar-refractivity contribution in [2.24, 2.45) is 0 Å². The minimum Gasteiger partial charge on any atom is -0.456 e. The van der Waals surface area contributed by atoms with Crippen LogP contribution in [0.5, 0.6) is 0 Å². The standard InChI is InChI=1S/C72H68O/c1-68(2,3)52-30-24-46(25-31-52)49-29-36-58-66(40-49)73-65-23-17-20-50(67(58)65)43-71(10)61-22-16-15-21-55(61)60-38-51(59(42-64(60)71)47-26-32-53(33-27-47)69(4,5)6)44-72(11)62-39-48(45-18-13-12-14-19-45)28-35-56(62)57-37-34-54(41-63(57)72)70(7,8)9/h12-42H,43-44H2,1-11H3. The van der Waals surface area contributed by atoms with Crippen LogP contribution in [0.4, 0.5) is 0 Å². The van der Waals surface area contributed by atoms with Gasteiger partial charge in [0.2, 0.25) is 0 Å². The Balaban J connectivity index is 1.02. The van der Waals surface area contributed by atoms with Crippen LogP contribution in [0.3, 0.4) is 0 Å². The van der Waals surface area contributed by atoms with E-state index in [1.807, 2.05) is 0 Å². The lowest BCUT2D eigenvalue weighted by molar-refractivity contribution is 0.566. The fraction of sp³-hybridized carbons (Fsp3) is 0.250. The van der Waals surface area contributed by atoms with Gasteiger partial charge >= 0.3 is 0 Å². The lowest BCUT2D eigenvalue weighted by Crippen LogP contribution is -2.26. The fourth-order valence-electron chi connectivity index (χ4n) is 12.7. The summed E-state index contributed by atoms with van der Waals surface area (Å²) >= 11 is 0. The molecule has 0 aliphatic heterocycles. The molecule has 0 saturated carbocycles. The molecule has 1 aromatic heterocycles. The first-order valence-electron chi connectivity index (χ1n) is 26.6. The van der Waals surface area contributed by atoms with Gasteiger partial charge in [0, 0.05) is 21.6 Å². The lowest BCUT2D eigenvalue weighted by Gasteiger charge is -2.32. The van der Waals surface area contributed by atoms with Crippen molar-refractivity contribution in [1.29, 1.82) is 0 Å². The average molecular weight is 949 g/mol. The van der Waals surface area contributed by atoms with Gasteiger partial charge < -0.3 is 4.42 Å². The number of rotatable bonds is 7. The fourth-order valence-corrected chi connectivity index (χ4v) is 12.7. The second-order valence-corrected chi connectivity index (χ2v) is 25.0. The van der Waals surface area contributed by atoms with Crippen molar-refractivity contribution in [3.8, 4) is 55.6 Å². The van der Waals surface area contributed by atoms with Gasteiger partial charge in [-0.25, -0.2) is 0 Å². The minimum atomic E-state index is -0.320. The van der Waals surface area contributed by atoms with E-state index in [2.05, 4.69) is 264 Å². The van der Waals surface area contributed by atoms with Gasteiger partial charge in [-0.2, -0.15) is 0 Å². The largest absolute Gasteiger partial charge is 0.456 e. The Morgan fingerprint density at radius 1 is 0.329 bits per heavy atom. The molecule has 10 aromatic rings. The first kappa shape index (κ1) is 46.8. The molecule has 0 bridgehead atoms. The van der Waals surface area contributed by atoms with Crippen molar-refractivity contribution in [2.45, 2.75) is 116 Å². The molecule has 9 aromatic carbocycles. The molecule has 0 N–H and O–H groups in total. The van der Waals surface area contributed by atoms with E-state index < -0.39 is 0 Å². The van der Waals surface area contributed by atoms with Crippen molar-refractivity contribution in [3.63, 3.8) is 0 Å². The molecule has 0 radical (unpaired) electrons. The molecule has 2 aliphatic carbocycles. The topological polar surface area (TPSA) is 13.1 Å². The van der Waals surface area contributed by atoms with E-state index >= 15 is 0 Å². The monoisotopic (exact) mass is 949 g/mol. The third-order valence-electron chi connectivity index (χ3n) is 17.0. The predicted molar refractivity (Wildman–Crippen MR) is 310 cm³/mol. The first-order valence-corrected chi connectivity index (χ1v) is 26.6. The molecule has 12 rings (SSSR count). The van der Waals surface area contributed by atoms with Gasteiger partial charge in [0.05, 0.1) is 0 Å². The van der Waals surface area contributed by atoms with E-state index in [0.29, 0.717) is 0 Å². The molecular weight excluding hydrogens is 881 g/mol. The first-order chi connectivity index (χ1) is 34.8. The lowest BCUT2D eigenvalue weighted by atomic mass is 9.71. The number of hydrogen-bond donors (Lipinski definition) is 0. The SMILES string of the molecule is CC(C)(C)c1ccc(-c2ccc3c(c2)oc2cccc(CC4(C)c5ccccc5-c5cc(CC6(C)c7cc(-c8ccccc8)ccc7-c7ccc(C(C)(C)C)cc76)c(-c6ccc(C(C)(C)C)cc6)cc54)c23)cc1. The maximum absolute atomic E-state index is 6.78. The van der Waals surface area contributed by atoms with Crippen molar-refractivity contribution >= 4 is 21.9 Å². The van der Waals surface area contributed by atoms with Crippen LogP contribution in [0.25, 0.3) is 77.6 Å². The van der Waals surface area contributed by atoms with Gasteiger partial charge in [0.25, 0.3) is 0 Å². The zero-order chi connectivity index (χ0) is 50.8. The average Bonchev–Trinajstić information content (AvgIpc) is 3.96. The van der Waals surface area contributed by atoms with Crippen molar-refractivity contribution in [2.75, 3.05) is 0 Å². The molecule has 0 saturated heterocycles. The van der Waals surface area contributed by atoms with Crippen molar-refractivity contribution in [3.05, 3.63) is 238 Å². The Morgan fingerprint density at radius 3 is 1.52 bits per heavy atom. The highest BCUT2D eigenvalue weighted by molar-refractivity contribution is 6.08. The molecule has 0 fully saturated rings. The summed E-state index contributed by atoms with van der Waals surface area (Å²) in [7, 11) is 0. The van der Waals surface area contributed by atoms with Crippen LogP contribution in [-0.4, -0.2) is 0 Å². The molecule has 2 aliphatic rings. The highest BCUT2D eigenvalue weighted by Crippen LogP contribution is 2.56. The highest BCUT2D eigenvalue weighted by Gasteiger charge is 2.44. The molecular formula is C72H68O.